The third kappa shape index (κ3) is 3.80. The van der Waals surface area contributed by atoms with Crippen LogP contribution in [0.25, 0.3) is 11.3 Å². The molecule has 6 nitrogen and oxygen atoms in total. The molecule has 0 atom stereocenters. The fourth-order valence-electron chi connectivity index (χ4n) is 4.60. The summed E-state index contributed by atoms with van der Waals surface area (Å²) in [4.78, 5) is 14.6. The van der Waals surface area contributed by atoms with Crippen LogP contribution in [0.4, 0.5) is 13.2 Å². The van der Waals surface area contributed by atoms with Gasteiger partial charge in [-0.15, -0.1) is 13.2 Å². The Kier molecular flexibility index (Phi) is 5.04. The van der Waals surface area contributed by atoms with E-state index in [0.717, 1.165) is 22.9 Å². The summed E-state index contributed by atoms with van der Waals surface area (Å²) in [6.07, 6.45) is -2.21. The van der Waals surface area contributed by atoms with E-state index in [-0.39, 0.29) is 5.56 Å². The van der Waals surface area contributed by atoms with E-state index in [1.165, 1.54) is 23.1 Å². The lowest BCUT2D eigenvalue weighted by Crippen LogP contribution is -2.49. The van der Waals surface area contributed by atoms with Crippen molar-refractivity contribution in [3.05, 3.63) is 64.8 Å². The van der Waals surface area contributed by atoms with Crippen LogP contribution in [0.2, 0.25) is 5.02 Å². The van der Waals surface area contributed by atoms with E-state index in [0.29, 0.717) is 36.7 Å². The third-order valence-corrected chi connectivity index (χ3v) is 6.37. The number of hydrogen-bond acceptors (Lipinski definition) is 4. The van der Waals surface area contributed by atoms with Gasteiger partial charge in [-0.25, -0.2) is 0 Å². The largest absolute Gasteiger partial charge is 0.573 e. The minimum Gasteiger partial charge on any atom is -0.482 e. The number of amides is 1. The molecule has 0 aliphatic carbocycles. The standard InChI is InChI=1S/C23H19ClF3N3O3/c1-29-20-15-7-6-14(24)12-19(15)32-22(17(20)13-28-29)8-10-30(11-9-22)21(31)16-4-2-3-5-18(16)33-23(25,26)27/h2-7,12-13H,8-11H2,1H3. The Labute approximate surface area is 192 Å². The van der Waals surface area contributed by atoms with E-state index < -0.39 is 23.6 Å². The lowest BCUT2D eigenvalue weighted by molar-refractivity contribution is -0.274. The zero-order valence-corrected chi connectivity index (χ0v) is 18.3. The molecule has 3 heterocycles. The Bertz CT molecular complexity index is 1230. The molecule has 33 heavy (non-hydrogen) atoms. The number of nitrogens with zero attached hydrogens (tertiary/aromatic N) is 3. The summed E-state index contributed by atoms with van der Waals surface area (Å²) in [6.45, 7) is 0.590. The highest BCUT2D eigenvalue weighted by Crippen LogP contribution is 2.50. The summed E-state index contributed by atoms with van der Waals surface area (Å²) in [7, 11) is 1.85. The highest BCUT2D eigenvalue weighted by molar-refractivity contribution is 6.30. The van der Waals surface area contributed by atoms with Crippen molar-refractivity contribution in [2.24, 2.45) is 7.05 Å². The Morgan fingerprint density at radius 2 is 1.91 bits per heavy atom. The molecule has 2 aliphatic rings. The van der Waals surface area contributed by atoms with Gasteiger partial charge in [0.05, 0.1) is 17.5 Å². The monoisotopic (exact) mass is 477 g/mol. The van der Waals surface area contributed by atoms with Gasteiger partial charge in [-0.05, 0) is 30.3 Å². The zero-order chi connectivity index (χ0) is 23.4. The smallest absolute Gasteiger partial charge is 0.482 e. The van der Waals surface area contributed by atoms with Crippen molar-refractivity contribution >= 4 is 17.5 Å². The zero-order valence-electron chi connectivity index (χ0n) is 17.5. The average Bonchev–Trinajstić information content (AvgIpc) is 3.16. The predicted molar refractivity (Wildman–Crippen MR) is 114 cm³/mol. The van der Waals surface area contributed by atoms with Gasteiger partial charge in [0.25, 0.3) is 5.91 Å². The topological polar surface area (TPSA) is 56.6 Å². The second-order valence-corrected chi connectivity index (χ2v) is 8.54. The summed E-state index contributed by atoms with van der Waals surface area (Å²) in [5.74, 6) is -0.389. The first kappa shape index (κ1) is 21.6. The molecule has 1 fully saturated rings. The first-order chi connectivity index (χ1) is 15.7. The van der Waals surface area contributed by atoms with Crippen LogP contribution in [0.15, 0.2) is 48.7 Å². The number of ether oxygens (including phenoxy) is 2. The molecule has 172 valence electrons. The highest BCUT2D eigenvalue weighted by Gasteiger charge is 2.46. The van der Waals surface area contributed by atoms with Gasteiger partial charge in [-0.1, -0.05) is 23.7 Å². The first-order valence-corrected chi connectivity index (χ1v) is 10.7. The summed E-state index contributed by atoms with van der Waals surface area (Å²) >= 11 is 6.19. The van der Waals surface area contributed by atoms with Crippen molar-refractivity contribution in [3.63, 3.8) is 0 Å². The number of benzene rings is 2. The van der Waals surface area contributed by atoms with Crippen LogP contribution in [0.1, 0.15) is 28.8 Å². The van der Waals surface area contributed by atoms with E-state index in [1.54, 1.807) is 23.0 Å². The number of fused-ring (bicyclic) bond motifs is 4. The highest BCUT2D eigenvalue weighted by atomic mass is 35.5. The fourth-order valence-corrected chi connectivity index (χ4v) is 4.76. The van der Waals surface area contributed by atoms with Crippen molar-refractivity contribution in [3.8, 4) is 22.8 Å². The normalized spacial score (nSPS) is 16.7. The van der Waals surface area contributed by atoms with Crippen molar-refractivity contribution in [1.29, 1.82) is 0 Å². The molecular formula is C23H19ClF3N3O3. The van der Waals surface area contributed by atoms with E-state index in [9.17, 15) is 18.0 Å². The fraction of sp³-hybridized carbons (Fsp3) is 0.304. The Balaban J connectivity index is 1.41. The molecule has 1 saturated heterocycles. The molecule has 0 N–H and O–H groups in total. The number of aryl methyl sites for hydroxylation is 1. The first-order valence-electron chi connectivity index (χ1n) is 10.3. The number of rotatable bonds is 2. The van der Waals surface area contributed by atoms with Gasteiger partial charge >= 0.3 is 6.36 Å². The molecular weight excluding hydrogens is 459 g/mol. The minimum absolute atomic E-state index is 0.130. The lowest BCUT2D eigenvalue weighted by Gasteiger charge is -2.44. The molecule has 0 bridgehead atoms. The molecule has 0 radical (unpaired) electrons. The molecule has 1 spiro atoms. The molecule has 3 aromatic rings. The Hall–Kier alpha value is -3.20. The van der Waals surface area contributed by atoms with Gasteiger partial charge in [-0.2, -0.15) is 5.10 Å². The van der Waals surface area contributed by atoms with E-state index in [1.807, 2.05) is 13.1 Å². The van der Waals surface area contributed by atoms with Gasteiger partial charge in [0, 0.05) is 49.1 Å². The molecule has 1 aromatic heterocycles. The number of hydrogen-bond donors (Lipinski definition) is 0. The van der Waals surface area contributed by atoms with Gasteiger partial charge in [-0.3, -0.25) is 9.48 Å². The number of para-hydroxylation sites is 1. The number of piperidine rings is 1. The Morgan fingerprint density at radius 1 is 1.18 bits per heavy atom. The van der Waals surface area contributed by atoms with Gasteiger partial charge < -0.3 is 14.4 Å². The third-order valence-electron chi connectivity index (χ3n) is 6.14. The number of alkyl halides is 3. The van der Waals surface area contributed by atoms with Gasteiger partial charge in [0.1, 0.15) is 17.1 Å². The van der Waals surface area contributed by atoms with Crippen LogP contribution in [0.5, 0.6) is 11.5 Å². The molecule has 5 rings (SSSR count). The molecule has 1 amide bonds. The van der Waals surface area contributed by atoms with Crippen molar-refractivity contribution in [2.75, 3.05) is 13.1 Å². The van der Waals surface area contributed by atoms with Crippen molar-refractivity contribution < 1.29 is 27.4 Å². The Morgan fingerprint density at radius 3 is 2.64 bits per heavy atom. The summed E-state index contributed by atoms with van der Waals surface area (Å²) in [5, 5.41) is 4.96. The van der Waals surface area contributed by atoms with E-state index in [4.69, 9.17) is 16.3 Å². The van der Waals surface area contributed by atoms with Crippen LogP contribution in [-0.2, 0) is 12.6 Å². The van der Waals surface area contributed by atoms with Crippen molar-refractivity contribution in [2.45, 2.75) is 24.8 Å². The number of halogens is 4. The van der Waals surface area contributed by atoms with Crippen LogP contribution in [-0.4, -0.2) is 40.0 Å². The van der Waals surface area contributed by atoms with Crippen molar-refractivity contribution in [1.82, 2.24) is 14.7 Å². The van der Waals surface area contributed by atoms with E-state index in [2.05, 4.69) is 9.84 Å². The van der Waals surface area contributed by atoms with Gasteiger partial charge in [0.2, 0.25) is 0 Å². The number of carbonyl (C=O) groups is 1. The van der Waals surface area contributed by atoms with Gasteiger partial charge in [0.15, 0.2) is 0 Å². The average molecular weight is 478 g/mol. The maximum absolute atomic E-state index is 13.1. The second kappa shape index (κ2) is 7.69. The number of carbonyl (C=O) groups excluding carboxylic acids is 1. The molecule has 0 unspecified atom stereocenters. The molecule has 2 aliphatic heterocycles. The minimum atomic E-state index is -4.89. The van der Waals surface area contributed by atoms with E-state index >= 15 is 0 Å². The predicted octanol–water partition coefficient (Wildman–Crippen LogP) is 5.16. The van der Waals surface area contributed by atoms with Crippen LogP contribution < -0.4 is 9.47 Å². The second-order valence-electron chi connectivity index (χ2n) is 8.10. The number of aromatic nitrogens is 2. The SMILES string of the molecule is Cn1ncc2c1-c1ccc(Cl)cc1OC21CCN(C(=O)c2ccccc2OC(F)(F)F)CC1. The summed E-state index contributed by atoms with van der Waals surface area (Å²) in [6, 6.07) is 10.8. The molecule has 0 saturated carbocycles. The summed E-state index contributed by atoms with van der Waals surface area (Å²) < 4.78 is 50.6. The molecule has 10 heteroatoms. The van der Waals surface area contributed by atoms with Crippen LogP contribution in [0.3, 0.4) is 0 Å². The van der Waals surface area contributed by atoms with Crippen LogP contribution in [0, 0.1) is 0 Å². The molecule has 2 aromatic carbocycles. The lowest BCUT2D eigenvalue weighted by atomic mass is 9.81. The maximum Gasteiger partial charge on any atom is 0.573 e. The van der Waals surface area contributed by atoms with Crippen LogP contribution >= 0.6 is 11.6 Å². The maximum atomic E-state index is 13.1. The summed E-state index contributed by atoms with van der Waals surface area (Å²) in [5.41, 5.74) is 1.90. The number of likely N-dealkylation sites (tertiary alicyclic amines) is 1. The quantitative estimate of drug-likeness (QED) is 0.511.